The highest BCUT2D eigenvalue weighted by Crippen LogP contribution is 2.36. The van der Waals surface area contributed by atoms with E-state index in [0.717, 1.165) is 10.8 Å². The standard InChI is InChI=1S/C33H36N4O6S/c1-22-19-37(23(2)21-38)32(39)27-16-10-18-29(35-44(41,42)25-13-5-4-6-14-25)31(27)43-30(22)20-36(3)33(40)34-28-17-9-12-24-11-7-8-15-26(24)28/h4-18,22-23,30,35,38H,19-21H2,1-3H3,(H,34,40)/t22-,23-,30-/m0/s1. The zero-order valence-electron chi connectivity index (χ0n) is 24.8. The number of para-hydroxylation sites is 1. The van der Waals surface area contributed by atoms with Gasteiger partial charge >= 0.3 is 6.03 Å². The first kappa shape index (κ1) is 30.8. The smallest absolute Gasteiger partial charge is 0.321 e. The summed E-state index contributed by atoms with van der Waals surface area (Å²) in [6.07, 6.45) is -0.638. The van der Waals surface area contributed by atoms with Crippen molar-refractivity contribution >= 4 is 44.1 Å². The van der Waals surface area contributed by atoms with Crippen molar-refractivity contribution in [2.24, 2.45) is 5.92 Å². The molecule has 0 fully saturated rings. The van der Waals surface area contributed by atoms with E-state index in [2.05, 4.69) is 10.0 Å². The van der Waals surface area contributed by atoms with Gasteiger partial charge in [-0.2, -0.15) is 0 Å². The molecular formula is C33H36N4O6S. The molecule has 4 aromatic rings. The molecule has 230 valence electrons. The Hall–Kier alpha value is -4.61. The predicted octanol–water partition coefficient (Wildman–Crippen LogP) is 5.02. The summed E-state index contributed by atoms with van der Waals surface area (Å²) in [7, 11) is -2.36. The maximum atomic E-state index is 13.8. The first-order valence-corrected chi connectivity index (χ1v) is 15.9. The van der Waals surface area contributed by atoms with Gasteiger partial charge < -0.3 is 25.0 Å². The molecule has 0 saturated carbocycles. The lowest BCUT2D eigenvalue weighted by Crippen LogP contribution is -2.50. The highest BCUT2D eigenvalue weighted by molar-refractivity contribution is 7.92. The molecule has 3 atom stereocenters. The Morgan fingerprint density at radius 3 is 2.41 bits per heavy atom. The fraction of sp³-hybridized carbons (Fsp3) is 0.273. The number of benzene rings is 4. The summed E-state index contributed by atoms with van der Waals surface area (Å²) >= 11 is 0. The number of fused-ring (bicyclic) bond motifs is 2. The van der Waals surface area contributed by atoms with Crippen LogP contribution in [0.2, 0.25) is 0 Å². The number of likely N-dealkylation sites (N-methyl/N-ethyl adjacent to an activating group) is 1. The number of nitrogens with one attached hydrogen (secondary N) is 2. The van der Waals surface area contributed by atoms with Crippen molar-refractivity contribution in [3.63, 3.8) is 0 Å². The second kappa shape index (κ2) is 12.9. The number of aliphatic hydroxyl groups is 1. The summed E-state index contributed by atoms with van der Waals surface area (Å²) in [4.78, 5) is 30.3. The van der Waals surface area contributed by atoms with E-state index in [-0.39, 0.29) is 53.5 Å². The molecule has 0 bridgehead atoms. The monoisotopic (exact) mass is 616 g/mol. The van der Waals surface area contributed by atoms with Gasteiger partial charge in [-0.25, -0.2) is 13.2 Å². The quantitative estimate of drug-likeness (QED) is 0.255. The molecule has 5 rings (SSSR count). The van der Waals surface area contributed by atoms with E-state index >= 15 is 0 Å². The number of sulfonamides is 1. The van der Waals surface area contributed by atoms with E-state index in [4.69, 9.17) is 4.74 Å². The number of rotatable bonds is 8. The number of aliphatic hydroxyl groups excluding tert-OH is 1. The average molecular weight is 617 g/mol. The molecule has 10 nitrogen and oxygen atoms in total. The van der Waals surface area contributed by atoms with Crippen LogP contribution < -0.4 is 14.8 Å². The number of anilines is 2. The summed E-state index contributed by atoms with van der Waals surface area (Å²) < 4.78 is 35.6. The SMILES string of the molecule is C[C@H]1CN([C@@H](C)CO)C(=O)c2cccc(NS(=O)(=O)c3ccccc3)c2O[C@H]1CN(C)C(=O)Nc1cccc2ccccc12. The summed E-state index contributed by atoms with van der Waals surface area (Å²) in [5.41, 5.74) is 0.916. The number of ether oxygens (including phenoxy) is 1. The molecule has 0 spiro atoms. The molecule has 1 aliphatic heterocycles. The van der Waals surface area contributed by atoms with E-state index < -0.39 is 28.1 Å². The van der Waals surface area contributed by atoms with Crippen LogP contribution in [-0.2, 0) is 10.0 Å². The number of carbonyl (C=O) groups excluding carboxylic acids is 2. The lowest BCUT2D eigenvalue weighted by atomic mass is 9.99. The van der Waals surface area contributed by atoms with Crippen molar-refractivity contribution in [3.05, 3.63) is 96.6 Å². The molecule has 0 unspecified atom stereocenters. The van der Waals surface area contributed by atoms with Gasteiger partial charge in [0, 0.05) is 24.9 Å². The van der Waals surface area contributed by atoms with Gasteiger partial charge in [-0.3, -0.25) is 9.52 Å². The molecular weight excluding hydrogens is 580 g/mol. The normalized spacial score (nSPS) is 17.5. The van der Waals surface area contributed by atoms with Crippen LogP contribution in [0.25, 0.3) is 10.8 Å². The number of hydrogen-bond donors (Lipinski definition) is 3. The lowest BCUT2D eigenvalue weighted by molar-refractivity contribution is 0.0373. The second-order valence-corrected chi connectivity index (χ2v) is 12.7. The van der Waals surface area contributed by atoms with Crippen LogP contribution in [-0.4, -0.2) is 74.2 Å². The van der Waals surface area contributed by atoms with Gasteiger partial charge in [0.15, 0.2) is 5.75 Å². The highest BCUT2D eigenvalue weighted by Gasteiger charge is 2.35. The Kier molecular flexibility index (Phi) is 9.07. The first-order valence-electron chi connectivity index (χ1n) is 14.4. The summed E-state index contributed by atoms with van der Waals surface area (Å²) in [5.74, 6) is -0.631. The van der Waals surface area contributed by atoms with Crippen LogP contribution in [0.5, 0.6) is 5.75 Å². The van der Waals surface area contributed by atoms with Crippen LogP contribution in [0, 0.1) is 5.92 Å². The molecule has 3 N–H and O–H groups in total. The molecule has 0 aromatic heterocycles. The summed E-state index contributed by atoms with van der Waals surface area (Å²) in [5, 5.41) is 14.8. The molecule has 3 amide bonds. The van der Waals surface area contributed by atoms with Crippen molar-refractivity contribution in [2.45, 2.75) is 30.9 Å². The van der Waals surface area contributed by atoms with E-state index in [1.165, 1.54) is 23.1 Å². The lowest BCUT2D eigenvalue weighted by Gasteiger charge is -2.38. The summed E-state index contributed by atoms with van der Waals surface area (Å²) in [6.45, 7) is 3.77. The summed E-state index contributed by atoms with van der Waals surface area (Å²) in [6, 6.07) is 25.2. The van der Waals surface area contributed by atoms with E-state index in [9.17, 15) is 23.1 Å². The first-order chi connectivity index (χ1) is 21.1. The van der Waals surface area contributed by atoms with E-state index in [0.29, 0.717) is 5.69 Å². The molecule has 1 aliphatic rings. The molecule has 44 heavy (non-hydrogen) atoms. The maximum Gasteiger partial charge on any atom is 0.321 e. The van der Waals surface area contributed by atoms with Crippen molar-refractivity contribution < 1.29 is 27.9 Å². The highest BCUT2D eigenvalue weighted by atomic mass is 32.2. The third-order valence-corrected chi connectivity index (χ3v) is 9.20. The van der Waals surface area contributed by atoms with Crippen molar-refractivity contribution in [2.75, 3.05) is 36.8 Å². The van der Waals surface area contributed by atoms with Gasteiger partial charge in [-0.05, 0) is 42.6 Å². The Bertz CT molecular complexity index is 1760. The average Bonchev–Trinajstić information content (AvgIpc) is 3.03. The Morgan fingerprint density at radius 1 is 1.00 bits per heavy atom. The third kappa shape index (κ3) is 6.48. The van der Waals surface area contributed by atoms with Crippen LogP contribution in [0.1, 0.15) is 24.2 Å². The predicted molar refractivity (Wildman–Crippen MR) is 170 cm³/mol. The maximum absolute atomic E-state index is 13.8. The largest absolute Gasteiger partial charge is 0.485 e. The van der Waals surface area contributed by atoms with Gasteiger partial charge in [0.1, 0.15) is 6.10 Å². The van der Waals surface area contributed by atoms with E-state index in [1.807, 2.05) is 49.4 Å². The van der Waals surface area contributed by atoms with Crippen LogP contribution >= 0.6 is 0 Å². The van der Waals surface area contributed by atoms with Gasteiger partial charge in [0.25, 0.3) is 15.9 Å². The van der Waals surface area contributed by atoms with Gasteiger partial charge in [-0.15, -0.1) is 0 Å². The Morgan fingerprint density at radius 2 is 1.66 bits per heavy atom. The molecule has 4 aromatic carbocycles. The minimum atomic E-state index is -4.01. The number of amides is 3. The van der Waals surface area contributed by atoms with E-state index in [1.54, 1.807) is 49.2 Å². The Labute approximate surface area is 257 Å². The zero-order chi connectivity index (χ0) is 31.4. The second-order valence-electron chi connectivity index (χ2n) is 11.1. The van der Waals surface area contributed by atoms with Gasteiger partial charge in [0.2, 0.25) is 0 Å². The van der Waals surface area contributed by atoms with Crippen LogP contribution in [0.3, 0.4) is 0 Å². The fourth-order valence-corrected chi connectivity index (χ4v) is 6.33. The zero-order valence-corrected chi connectivity index (χ0v) is 25.6. The molecule has 1 heterocycles. The third-order valence-electron chi connectivity index (χ3n) is 7.82. The molecule has 0 radical (unpaired) electrons. The minimum absolute atomic E-state index is 0.0556. The van der Waals surface area contributed by atoms with Crippen LogP contribution in [0.4, 0.5) is 16.2 Å². The van der Waals surface area contributed by atoms with Gasteiger partial charge in [0.05, 0.1) is 41.0 Å². The Balaban J connectivity index is 1.47. The van der Waals surface area contributed by atoms with Crippen molar-refractivity contribution in [1.29, 1.82) is 0 Å². The topological polar surface area (TPSA) is 128 Å². The molecule has 0 aliphatic carbocycles. The van der Waals surface area contributed by atoms with Crippen molar-refractivity contribution in [3.8, 4) is 5.75 Å². The molecule has 11 heteroatoms. The van der Waals surface area contributed by atoms with Crippen LogP contribution in [0.15, 0.2) is 95.9 Å². The number of carbonyl (C=O) groups is 2. The fourth-order valence-electron chi connectivity index (χ4n) is 5.24. The van der Waals surface area contributed by atoms with Gasteiger partial charge in [-0.1, -0.05) is 67.6 Å². The number of hydrogen-bond acceptors (Lipinski definition) is 6. The minimum Gasteiger partial charge on any atom is -0.485 e. The number of nitrogens with zero attached hydrogens (tertiary/aromatic N) is 2. The van der Waals surface area contributed by atoms with Crippen molar-refractivity contribution in [1.82, 2.24) is 9.80 Å². The number of urea groups is 1. The molecule has 0 saturated heterocycles.